The van der Waals surface area contributed by atoms with Crippen molar-refractivity contribution in [2.45, 2.75) is 6.54 Å². The van der Waals surface area contributed by atoms with Gasteiger partial charge >= 0.3 is 0 Å². The number of rotatable bonds is 5. The monoisotopic (exact) mass is 346 g/mol. The van der Waals surface area contributed by atoms with Gasteiger partial charge in [0.05, 0.1) is 24.2 Å². The van der Waals surface area contributed by atoms with Gasteiger partial charge < -0.3 is 14.3 Å². The predicted molar refractivity (Wildman–Crippen MR) is 97.8 cm³/mol. The molecule has 0 bridgehead atoms. The van der Waals surface area contributed by atoms with E-state index in [1.807, 2.05) is 66.3 Å². The van der Waals surface area contributed by atoms with E-state index < -0.39 is 0 Å². The summed E-state index contributed by atoms with van der Waals surface area (Å²) in [5.74, 6) is 0.491. The molecule has 0 aliphatic rings. The summed E-state index contributed by atoms with van der Waals surface area (Å²) in [6.07, 6.45) is 3.54. The van der Waals surface area contributed by atoms with Crippen LogP contribution < -0.4 is 5.32 Å². The Morgan fingerprint density at radius 1 is 1.12 bits per heavy atom. The molecule has 0 atom stereocenters. The maximum absolute atomic E-state index is 12.8. The van der Waals surface area contributed by atoms with Gasteiger partial charge in [0.2, 0.25) is 0 Å². The van der Waals surface area contributed by atoms with Crippen molar-refractivity contribution in [3.05, 3.63) is 84.6 Å². The molecule has 0 saturated carbocycles. The Morgan fingerprint density at radius 2 is 1.96 bits per heavy atom. The molecule has 26 heavy (non-hydrogen) atoms. The minimum Gasteiger partial charge on any atom is -0.467 e. The molecule has 6 heteroatoms. The van der Waals surface area contributed by atoms with Gasteiger partial charge in [-0.1, -0.05) is 18.2 Å². The molecule has 6 nitrogen and oxygen atoms in total. The molecule has 1 N–H and O–H groups in total. The number of hydrogen-bond acceptors (Lipinski definition) is 3. The number of amides is 1. The third-order valence-electron chi connectivity index (χ3n) is 4.15. The van der Waals surface area contributed by atoms with E-state index in [9.17, 15) is 4.79 Å². The molecule has 0 aliphatic carbocycles. The third-order valence-corrected chi connectivity index (χ3v) is 4.15. The third kappa shape index (κ3) is 3.04. The predicted octanol–water partition coefficient (Wildman–Crippen LogP) is 3.40. The Labute approximate surface area is 150 Å². The van der Waals surface area contributed by atoms with Crippen LogP contribution in [0.2, 0.25) is 0 Å². The Balaban J connectivity index is 1.70. The normalized spacial score (nSPS) is 10.8. The summed E-state index contributed by atoms with van der Waals surface area (Å²) in [4.78, 5) is 12.8. The standard InChI is InChI=1S/C20H18N4O2/c1-23-11-5-10-18(23)17-13-19(20(25)21-14-16-9-6-12-26-16)24(22-17)15-7-3-2-4-8-15/h2-13H,14H2,1H3,(H,21,25). The van der Waals surface area contributed by atoms with Gasteiger partial charge in [-0.25, -0.2) is 4.68 Å². The maximum Gasteiger partial charge on any atom is 0.270 e. The van der Waals surface area contributed by atoms with Gasteiger partial charge in [0, 0.05) is 13.2 Å². The van der Waals surface area contributed by atoms with E-state index in [1.54, 1.807) is 23.1 Å². The Morgan fingerprint density at radius 3 is 2.65 bits per heavy atom. The van der Waals surface area contributed by atoms with Crippen LogP contribution in [0.5, 0.6) is 0 Å². The summed E-state index contributed by atoms with van der Waals surface area (Å²) in [7, 11) is 1.95. The number of furan rings is 1. The molecule has 4 aromatic rings. The molecule has 0 spiro atoms. The second kappa shape index (κ2) is 6.76. The molecule has 0 unspecified atom stereocenters. The average molecular weight is 346 g/mol. The number of benzene rings is 1. The van der Waals surface area contributed by atoms with Gasteiger partial charge in [0.25, 0.3) is 5.91 Å². The lowest BCUT2D eigenvalue weighted by molar-refractivity contribution is 0.0940. The lowest BCUT2D eigenvalue weighted by Crippen LogP contribution is -2.25. The van der Waals surface area contributed by atoms with Gasteiger partial charge in [0.1, 0.15) is 17.1 Å². The first-order valence-corrected chi connectivity index (χ1v) is 8.30. The number of nitrogens with zero attached hydrogens (tertiary/aromatic N) is 3. The largest absolute Gasteiger partial charge is 0.467 e. The van der Waals surface area contributed by atoms with Crippen LogP contribution in [0.1, 0.15) is 16.2 Å². The Bertz CT molecular complexity index is 1010. The average Bonchev–Trinajstić information content (AvgIpc) is 3.40. The molecule has 0 fully saturated rings. The van der Waals surface area contributed by atoms with Crippen LogP contribution in [0, 0.1) is 0 Å². The molecule has 1 amide bonds. The van der Waals surface area contributed by atoms with E-state index in [2.05, 4.69) is 10.4 Å². The van der Waals surface area contributed by atoms with Crippen molar-refractivity contribution in [1.82, 2.24) is 19.7 Å². The number of carbonyl (C=O) groups excluding carboxylic acids is 1. The topological polar surface area (TPSA) is 65.0 Å². The van der Waals surface area contributed by atoms with Crippen molar-refractivity contribution in [1.29, 1.82) is 0 Å². The first kappa shape index (κ1) is 16.0. The minimum atomic E-state index is -0.210. The highest BCUT2D eigenvalue weighted by Crippen LogP contribution is 2.22. The molecular weight excluding hydrogens is 328 g/mol. The summed E-state index contributed by atoms with van der Waals surface area (Å²) in [6.45, 7) is 0.325. The van der Waals surface area contributed by atoms with E-state index in [1.165, 1.54) is 0 Å². The molecule has 0 aliphatic heterocycles. The zero-order valence-corrected chi connectivity index (χ0v) is 14.3. The highest BCUT2D eigenvalue weighted by Gasteiger charge is 2.18. The zero-order chi connectivity index (χ0) is 17.9. The fourth-order valence-corrected chi connectivity index (χ4v) is 2.83. The lowest BCUT2D eigenvalue weighted by Gasteiger charge is -2.07. The number of aryl methyl sites for hydroxylation is 1. The number of hydrogen-bond donors (Lipinski definition) is 1. The zero-order valence-electron chi connectivity index (χ0n) is 14.3. The maximum atomic E-state index is 12.8. The van der Waals surface area contributed by atoms with Crippen molar-refractivity contribution in [2.24, 2.45) is 7.05 Å². The smallest absolute Gasteiger partial charge is 0.270 e. The molecule has 0 radical (unpaired) electrons. The van der Waals surface area contributed by atoms with E-state index >= 15 is 0 Å². The number of aromatic nitrogens is 3. The summed E-state index contributed by atoms with van der Waals surface area (Å²) >= 11 is 0. The van der Waals surface area contributed by atoms with Gasteiger partial charge in [0.15, 0.2) is 0 Å². The lowest BCUT2D eigenvalue weighted by atomic mass is 10.2. The fourth-order valence-electron chi connectivity index (χ4n) is 2.83. The van der Waals surface area contributed by atoms with Crippen LogP contribution in [0.15, 0.2) is 77.5 Å². The van der Waals surface area contributed by atoms with Crippen LogP contribution >= 0.6 is 0 Å². The first-order valence-electron chi connectivity index (χ1n) is 8.30. The van der Waals surface area contributed by atoms with Crippen LogP contribution in [0.25, 0.3) is 17.1 Å². The quantitative estimate of drug-likeness (QED) is 0.602. The molecular formula is C20H18N4O2. The molecule has 4 rings (SSSR count). The first-order chi connectivity index (χ1) is 12.7. The van der Waals surface area contributed by atoms with Crippen LogP contribution in [0.4, 0.5) is 0 Å². The van der Waals surface area contributed by atoms with Crippen LogP contribution in [-0.4, -0.2) is 20.3 Å². The summed E-state index contributed by atoms with van der Waals surface area (Å²) in [5, 5.41) is 7.55. The highest BCUT2D eigenvalue weighted by molar-refractivity contribution is 5.94. The van der Waals surface area contributed by atoms with Crippen LogP contribution in [-0.2, 0) is 13.6 Å². The minimum absolute atomic E-state index is 0.210. The molecule has 0 saturated heterocycles. The van der Waals surface area contributed by atoms with E-state index in [4.69, 9.17) is 4.42 Å². The Kier molecular flexibility index (Phi) is 4.15. The van der Waals surface area contributed by atoms with E-state index in [0.29, 0.717) is 18.0 Å². The van der Waals surface area contributed by atoms with E-state index in [-0.39, 0.29) is 5.91 Å². The number of carbonyl (C=O) groups is 1. The fraction of sp³-hybridized carbons (Fsp3) is 0.100. The van der Waals surface area contributed by atoms with Crippen molar-refractivity contribution >= 4 is 5.91 Å². The van der Waals surface area contributed by atoms with Crippen molar-refractivity contribution < 1.29 is 9.21 Å². The second-order valence-electron chi connectivity index (χ2n) is 5.93. The summed E-state index contributed by atoms with van der Waals surface area (Å²) in [5.41, 5.74) is 2.99. The number of nitrogens with one attached hydrogen (secondary N) is 1. The Hall–Kier alpha value is -3.54. The highest BCUT2D eigenvalue weighted by atomic mass is 16.3. The van der Waals surface area contributed by atoms with Gasteiger partial charge in [-0.05, 0) is 42.5 Å². The van der Waals surface area contributed by atoms with Crippen molar-refractivity contribution in [2.75, 3.05) is 0 Å². The second-order valence-corrected chi connectivity index (χ2v) is 5.93. The van der Waals surface area contributed by atoms with E-state index in [0.717, 1.165) is 17.1 Å². The van der Waals surface area contributed by atoms with Gasteiger partial charge in [-0.2, -0.15) is 5.10 Å². The van der Waals surface area contributed by atoms with Crippen molar-refractivity contribution in [3.63, 3.8) is 0 Å². The molecule has 130 valence electrons. The molecule has 3 heterocycles. The molecule has 1 aromatic carbocycles. The van der Waals surface area contributed by atoms with Gasteiger partial charge in [-0.15, -0.1) is 0 Å². The van der Waals surface area contributed by atoms with Crippen molar-refractivity contribution in [3.8, 4) is 17.1 Å². The number of para-hydroxylation sites is 1. The molecule has 3 aromatic heterocycles. The van der Waals surface area contributed by atoms with Gasteiger partial charge in [-0.3, -0.25) is 4.79 Å². The SMILES string of the molecule is Cn1cccc1-c1cc(C(=O)NCc2ccco2)n(-c2ccccc2)n1. The summed E-state index contributed by atoms with van der Waals surface area (Å²) in [6, 6.07) is 19.0. The summed E-state index contributed by atoms with van der Waals surface area (Å²) < 4.78 is 8.91. The van der Waals surface area contributed by atoms with Crippen LogP contribution in [0.3, 0.4) is 0 Å².